The highest BCUT2D eigenvalue weighted by Crippen LogP contribution is 2.28. The Hall–Kier alpha value is -1.88. The van der Waals surface area contributed by atoms with Gasteiger partial charge in [-0.25, -0.2) is 0 Å². The van der Waals surface area contributed by atoms with E-state index in [1.54, 1.807) is 7.05 Å². The number of nitrogens with two attached hydrogens (primary N) is 1. The smallest absolute Gasteiger partial charge is 0.122 e. The number of ether oxygens (including phenoxy) is 1. The average Bonchev–Trinajstić information content (AvgIpc) is 2.67. The van der Waals surface area contributed by atoms with Crippen molar-refractivity contribution in [2.24, 2.45) is 10.7 Å². The third-order valence-corrected chi connectivity index (χ3v) is 5.16. The van der Waals surface area contributed by atoms with E-state index in [1.807, 2.05) is 50.4 Å². The average molecular weight is 427 g/mol. The van der Waals surface area contributed by atoms with Crippen LogP contribution in [-0.2, 0) is 6.61 Å². The van der Waals surface area contributed by atoms with Gasteiger partial charge < -0.3 is 15.8 Å². The summed E-state index contributed by atoms with van der Waals surface area (Å²) in [6.45, 7) is 2.29. The van der Waals surface area contributed by atoms with Gasteiger partial charge in [-0.3, -0.25) is 4.99 Å². The van der Waals surface area contributed by atoms with Crippen LogP contribution < -0.4 is 15.8 Å². The number of nitrogens with one attached hydrogen (secondary N) is 1. The van der Waals surface area contributed by atoms with Gasteiger partial charge in [0.2, 0.25) is 0 Å². The molecule has 0 spiro atoms. The van der Waals surface area contributed by atoms with Gasteiger partial charge in [-0.15, -0.1) is 11.6 Å². The molecule has 0 saturated heterocycles. The van der Waals surface area contributed by atoms with Crippen LogP contribution >= 0.6 is 34.8 Å². The third-order valence-electron chi connectivity index (χ3n) is 4.13. The first-order valence-electron chi connectivity index (χ1n) is 8.29. The molecule has 0 aliphatic heterocycles. The minimum absolute atomic E-state index is 0.196. The summed E-state index contributed by atoms with van der Waals surface area (Å²) in [6, 6.07) is 11.3. The number of aliphatic imine (C=N–C) groups is 1. The zero-order valence-corrected chi connectivity index (χ0v) is 17.7. The summed E-state index contributed by atoms with van der Waals surface area (Å²) in [5.41, 5.74) is 10.7. The second-order valence-corrected chi connectivity index (χ2v) is 6.87. The van der Waals surface area contributed by atoms with Crippen molar-refractivity contribution in [3.63, 3.8) is 0 Å². The molecular weight excluding hydrogens is 405 g/mol. The van der Waals surface area contributed by atoms with E-state index in [2.05, 4.69) is 10.3 Å². The van der Waals surface area contributed by atoms with E-state index < -0.39 is 0 Å². The standard InChI is InChI=1S/C20H22Cl3N3O/c1-12-9-13(20(24)19(23)17(10-21)26-3)7-8-18(12)27-11-14-15(22)5-4-6-16(14)25-2/h4-9,25H,10-11,24H2,1-3H3. The van der Waals surface area contributed by atoms with Gasteiger partial charge in [0.05, 0.1) is 22.3 Å². The maximum Gasteiger partial charge on any atom is 0.122 e. The van der Waals surface area contributed by atoms with Crippen molar-refractivity contribution in [2.45, 2.75) is 13.5 Å². The molecule has 7 heteroatoms. The number of benzene rings is 2. The number of anilines is 1. The van der Waals surface area contributed by atoms with E-state index >= 15 is 0 Å². The quantitative estimate of drug-likeness (QED) is 0.457. The molecule has 0 aliphatic carbocycles. The molecule has 0 amide bonds. The Morgan fingerprint density at radius 1 is 1.26 bits per heavy atom. The Morgan fingerprint density at radius 3 is 2.59 bits per heavy atom. The molecule has 3 N–H and O–H groups in total. The van der Waals surface area contributed by atoms with Gasteiger partial charge in [0.15, 0.2) is 0 Å². The van der Waals surface area contributed by atoms with Gasteiger partial charge in [-0.1, -0.05) is 29.3 Å². The van der Waals surface area contributed by atoms with Crippen molar-refractivity contribution in [3.05, 3.63) is 63.1 Å². The van der Waals surface area contributed by atoms with Crippen LogP contribution in [0.25, 0.3) is 5.70 Å². The highest BCUT2D eigenvalue weighted by Gasteiger charge is 2.12. The van der Waals surface area contributed by atoms with Crippen molar-refractivity contribution < 1.29 is 4.74 Å². The molecule has 0 atom stereocenters. The first-order valence-corrected chi connectivity index (χ1v) is 9.58. The number of hydrogen-bond donors (Lipinski definition) is 2. The topological polar surface area (TPSA) is 59.6 Å². The second kappa shape index (κ2) is 9.88. The molecule has 2 rings (SSSR count). The zero-order valence-electron chi connectivity index (χ0n) is 15.4. The summed E-state index contributed by atoms with van der Waals surface area (Å²) < 4.78 is 5.97. The Balaban J connectivity index is 2.24. The van der Waals surface area contributed by atoms with Gasteiger partial charge in [0, 0.05) is 30.4 Å². The number of rotatable bonds is 7. The molecule has 0 bridgehead atoms. The van der Waals surface area contributed by atoms with Gasteiger partial charge >= 0.3 is 0 Å². The number of alkyl halides is 1. The SMILES string of the molecule is CN=C(CCl)C(Cl)=C(N)c1ccc(OCc2c(Cl)cccc2NC)c(C)c1. The lowest BCUT2D eigenvalue weighted by Gasteiger charge is -2.15. The lowest BCUT2D eigenvalue weighted by molar-refractivity contribution is 0.305. The van der Waals surface area contributed by atoms with Crippen LogP contribution in [0.1, 0.15) is 16.7 Å². The van der Waals surface area contributed by atoms with Crippen LogP contribution in [0.2, 0.25) is 5.02 Å². The predicted molar refractivity (Wildman–Crippen MR) is 118 cm³/mol. The Bertz CT molecular complexity index is 879. The molecule has 4 nitrogen and oxygen atoms in total. The molecule has 0 radical (unpaired) electrons. The van der Waals surface area contributed by atoms with Gasteiger partial charge in [0.25, 0.3) is 0 Å². The van der Waals surface area contributed by atoms with Gasteiger partial charge in [-0.2, -0.15) is 0 Å². The highest BCUT2D eigenvalue weighted by atomic mass is 35.5. The minimum Gasteiger partial charge on any atom is -0.488 e. The van der Waals surface area contributed by atoms with Crippen LogP contribution in [0.15, 0.2) is 46.4 Å². The first kappa shape index (κ1) is 21.4. The maximum absolute atomic E-state index is 6.30. The molecule has 27 heavy (non-hydrogen) atoms. The Labute approximate surface area is 175 Å². The van der Waals surface area contributed by atoms with Crippen LogP contribution in [-0.4, -0.2) is 25.7 Å². The fourth-order valence-corrected chi connectivity index (χ4v) is 3.38. The fourth-order valence-electron chi connectivity index (χ4n) is 2.57. The largest absolute Gasteiger partial charge is 0.488 e. The third kappa shape index (κ3) is 5.10. The zero-order chi connectivity index (χ0) is 20.0. The van der Waals surface area contributed by atoms with Crippen molar-refractivity contribution in [1.82, 2.24) is 0 Å². The normalized spacial score (nSPS) is 12.6. The molecule has 2 aromatic carbocycles. The van der Waals surface area contributed by atoms with E-state index in [4.69, 9.17) is 45.3 Å². The number of hydrogen-bond acceptors (Lipinski definition) is 4. The molecule has 0 fully saturated rings. The summed E-state index contributed by atoms with van der Waals surface area (Å²) in [7, 11) is 3.48. The van der Waals surface area contributed by atoms with Crippen molar-refractivity contribution in [2.75, 3.05) is 25.3 Å². The van der Waals surface area contributed by atoms with E-state index in [9.17, 15) is 0 Å². The Kier molecular flexibility index (Phi) is 7.84. The molecule has 144 valence electrons. The van der Waals surface area contributed by atoms with Crippen LogP contribution in [0, 0.1) is 6.92 Å². The van der Waals surface area contributed by atoms with E-state index in [0.717, 1.165) is 28.1 Å². The maximum atomic E-state index is 6.30. The van der Waals surface area contributed by atoms with Gasteiger partial charge in [-0.05, 0) is 48.4 Å². The number of allylic oxidation sites excluding steroid dienone is 1. The molecule has 0 unspecified atom stereocenters. The summed E-state index contributed by atoms with van der Waals surface area (Å²) in [5, 5.41) is 4.13. The summed E-state index contributed by atoms with van der Waals surface area (Å²) in [6.07, 6.45) is 0. The van der Waals surface area contributed by atoms with Crippen LogP contribution in [0.4, 0.5) is 5.69 Å². The molecule has 0 aromatic heterocycles. The molecule has 0 heterocycles. The lowest BCUT2D eigenvalue weighted by atomic mass is 10.1. The minimum atomic E-state index is 0.196. The van der Waals surface area contributed by atoms with E-state index in [1.165, 1.54) is 0 Å². The molecular formula is C20H22Cl3N3O. The molecule has 0 saturated carbocycles. The Morgan fingerprint density at radius 2 is 2.00 bits per heavy atom. The second-order valence-electron chi connectivity index (χ2n) is 5.82. The van der Waals surface area contributed by atoms with Crippen molar-refractivity contribution >= 4 is 51.9 Å². The van der Waals surface area contributed by atoms with Crippen molar-refractivity contribution in [3.8, 4) is 5.75 Å². The first-order chi connectivity index (χ1) is 12.9. The number of nitrogens with zero attached hydrogens (tertiary/aromatic N) is 1. The summed E-state index contributed by atoms with van der Waals surface area (Å²) in [5.74, 6) is 0.938. The lowest BCUT2D eigenvalue weighted by Crippen LogP contribution is -2.08. The monoisotopic (exact) mass is 425 g/mol. The van der Waals surface area contributed by atoms with Crippen LogP contribution in [0.3, 0.4) is 0 Å². The molecule has 2 aromatic rings. The predicted octanol–water partition coefficient (Wildman–Crippen LogP) is 5.44. The summed E-state index contributed by atoms with van der Waals surface area (Å²) in [4.78, 5) is 4.05. The van der Waals surface area contributed by atoms with Gasteiger partial charge in [0.1, 0.15) is 12.4 Å². The van der Waals surface area contributed by atoms with Crippen LogP contribution in [0.5, 0.6) is 5.75 Å². The highest BCUT2D eigenvalue weighted by molar-refractivity contribution is 6.50. The van der Waals surface area contributed by atoms with E-state index in [0.29, 0.717) is 28.1 Å². The molecule has 0 aliphatic rings. The number of aryl methyl sites for hydroxylation is 1. The summed E-state index contributed by atoms with van der Waals surface area (Å²) >= 11 is 18.4. The van der Waals surface area contributed by atoms with E-state index in [-0.39, 0.29) is 5.88 Å². The number of halogens is 3. The fraction of sp³-hybridized carbons (Fsp3) is 0.250. The van der Waals surface area contributed by atoms with Crippen molar-refractivity contribution in [1.29, 1.82) is 0 Å².